The van der Waals surface area contributed by atoms with Crippen molar-refractivity contribution in [2.24, 2.45) is 0 Å². The zero-order chi connectivity index (χ0) is 9.68. The maximum Gasteiger partial charge on any atom is 0.316 e. The number of rotatable bonds is 5. The van der Waals surface area contributed by atoms with Crippen LogP contribution in [-0.4, -0.2) is 29.5 Å². The molecule has 0 aliphatic heterocycles. The molecule has 1 aromatic heterocycles. The fraction of sp³-hybridized carbons (Fsp3) is 0.714. The highest BCUT2D eigenvalue weighted by Gasteiger charge is 2.00. The Morgan fingerprint density at radius 2 is 2.31 bits per heavy atom. The van der Waals surface area contributed by atoms with Crippen molar-refractivity contribution in [3.05, 3.63) is 0 Å². The van der Waals surface area contributed by atoms with E-state index in [1.54, 1.807) is 0 Å². The molecule has 0 saturated carbocycles. The molecular formula is C7H14N4O2. The molecule has 0 radical (unpaired) electrons. The Morgan fingerprint density at radius 1 is 1.54 bits per heavy atom. The Hall–Kier alpha value is -1.30. The summed E-state index contributed by atoms with van der Waals surface area (Å²) >= 11 is 0. The smallest absolute Gasteiger partial charge is 0.316 e. The Morgan fingerprint density at radius 3 is 2.85 bits per heavy atom. The average molecular weight is 186 g/mol. The molecule has 1 heterocycles. The molecule has 0 fully saturated rings. The lowest BCUT2D eigenvalue weighted by atomic mass is 10.5. The van der Waals surface area contributed by atoms with Crippen LogP contribution >= 0.6 is 0 Å². The molecule has 0 saturated heterocycles. The molecule has 13 heavy (non-hydrogen) atoms. The van der Waals surface area contributed by atoms with Gasteiger partial charge in [0.1, 0.15) is 0 Å². The van der Waals surface area contributed by atoms with Gasteiger partial charge in [-0.15, -0.1) is 0 Å². The predicted octanol–water partition coefficient (Wildman–Crippen LogP) is 0.489. The summed E-state index contributed by atoms with van der Waals surface area (Å²) in [5.41, 5.74) is 5.22. The fourth-order valence-electron chi connectivity index (χ4n) is 0.759. The molecular weight excluding hydrogens is 172 g/mol. The zero-order valence-corrected chi connectivity index (χ0v) is 7.78. The van der Waals surface area contributed by atoms with E-state index in [0.29, 0.717) is 19.2 Å². The molecule has 0 aliphatic carbocycles. The summed E-state index contributed by atoms with van der Waals surface area (Å²) in [5.74, 6) is 0. The molecule has 6 nitrogen and oxygen atoms in total. The van der Waals surface area contributed by atoms with Gasteiger partial charge >= 0.3 is 12.0 Å². The van der Waals surface area contributed by atoms with Gasteiger partial charge in [-0.3, -0.25) is 0 Å². The first-order chi connectivity index (χ1) is 6.18. The van der Waals surface area contributed by atoms with Crippen LogP contribution in [0.15, 0.2) is 4.42 Å². The van der Waals surface area contributed by atoms with Crippen molar-refractivity contribution >= 4 is 12.0 Å². The van der Waals surface area contributed by atoms with E-state index in [2.05, 4.69) is 15.5 Å². The van der Waals surface area contributed by atoms with E-state index in [9.17, 15) is 0 Å². The molecule has 0 unspecified atom stereocenters. The second-order valence-electron chi connectivity index (χ2n) is 2.79. The summed E-state index contributed by atoms with van der Waals surface area (Å²) in [6.07, 6.45) is 0.231. The number of nitrogens with two attached hydrogens (primary N) is 1. The van der Waals surface area contributed by atoms with Crippen molar-refractivity contribution < 1.29 is 9.15 Å². The van der Waals surface area contributed by atoms with Crippen molar-refractivity contribution in [3.63, 3.8) is 0 Å². The third-order valence-electron chi connectivity index (χ3n) is 1.27. The standard InChI is InChI=1S/C7H14N4O2/c1-5(2)12-4-3-9-7-11-10-6(8)13-7/h5H,3-4H2,1-2H3,(H2,8,10)(H,9,11). The summed E-state index contributed by atoms with van der Waals surface area (Å²) < 4.78 is 10.2. The van der Waals surface area contributed by atoms with E-state index in [0.717, 1.165) is 0 Å². The maximum absolute atomic E-state index is 5.29. The Balaban J connectivity index is 2.13. The minimum Gasteiger partial charge on any atom is -0.390 e. The molecule has 0 aromatic carbocycles. The Kier molecular flexibility index (Phi) is 3.51. The lowest BCUT2D eigenvalue weighted by Gasteiger charge is -2.06. The zero-order valence-electron chi connectivity index (χ0n) is 7.78. The van der Waals surface area contributed by atoms with Crippen LogP contribution in [0.25, 0.3) is 0 Å². The van der Waals surface area contributed by atoms with Crippen LogP contribution in [0, 0.1) is 0 Å². The van der Waals surface area contributed by atoms with Crippen LogP contribution in [0.1, 0.15) is 13.8 Å². The SMILES string of the molecule is CC(C)OCCNc1nnc(N)o1. The number of ether oxygens (including phenoxy) is 1. The van der Waals surface area contributed by atoms with Gasteiger partial charge in [0.2, 0.25) is 0 Å². The minimum atomic E-state index is 0.0623. The highest BCUT2D eigenvalue weighted by Crippen LogP contribution is 2.04. The predicted molar refractivity (Wildman–Crippen MR) is 48.3 cm³/mol. The third-order valence-corrected chi connectivity index (χ3v) is 1.27. The average Bonchev–Trinajstić information content (AvgIpc) is 2.45. The minimum absolute atomic E-state index is 0.0623. The first-order valence-electron chi connectivity index (χ1n) is 4.13. The van der Waals surface area contributed by atoms with Crippen molar-refractivity contribution in [3.8, 4) is 0 Å². The van der Waals surface area contributed by atoms with Crippen LogP contribution in [-0.2, 0) is 4.74 Å². The van der Waals surface area contributed by atoms with Crippen molar-refractivity contribution in [1.29, 1.82) is 0 Å². The Labute approximate surface area is 76.5 Å². The van der Waals surface area contributed by atoms with Gasteiger partial charge in [-0.05, 0) is 13.8 Å². The summed E-state index contributed by atoms with van der Waals surface area (Å²) in [5, 5.41) is 9.99. The van der Waals surface area contributed by atoms with Crippen molar-refractivity contribution in [2.75, 3.05) is 24.2 Å². The van der Waals surface area contributed by atoms with E-state index in [1.165, 1.54) is 0 Å². The molecule has 1 aromatic rings. The quantitative estimate of drug-likeness (QED) is 0.651. The van der Waals surface area contributed by atoms with Crippen molar-refractivity contribution in [2.45, 2.75) is 20.0 Å². The van der Waals surface area contributed by atoms with Gasteiger partial charge in [0.25, 0.3) is 0 Å². The second-order valence-corrected chi connectivity index (χ2v) is 2.79. The first kappa shape index (κ1) is 9.79. The number of anilines is 2. The monoisotopic (exact) mass is 186 g/mol. The molecule has 6 heteroatoms. The molecule has 0 amide bonds. The molecule has 0 atom stereocenters. The number of nitrogens with one attached hydrogen (secondary N) is 1. The van der Waals surface area contributed by atoms with E-state index in [-0.39, 0.29) is 12.1 Å². The van der Waals surface area contributed by atoms with Gasteiger partial charge < -0.3 is 20.2 Å². The maximum atomic E-state index is 5.29. The summed E-state index contributed by atoms with van der Waals surface area (Å²) in [6.45, 7) is 5.18. The van der Waals surface area contributed by atoms with Gasteiger partial charge in [0.05, 0.1) is 12.7 Å². The lowest BCUT2D eigenvalue weighted by Crippen LogP contribution is -2.13. The highest BCUT2D eigenvalue weighted by atomic mass is 16.5. The van der Waals surface area contributed by atoms with Gasteiger partial charge in [0.15, 0.2) is 0 Å². The second kappa shape index (κ2) is 4.66. The van der Waals surface area contributed by atoms with E-state index < -0.39 is 0 Å². The summed E-state index contributed by atoms with van der Waals surface area (Å²) in [6, 6.07) is 0.386. The van der Waals surface area contributed by atoms with E-state index >= 15 is 0 Å². The number of nitrogens with zero attached hydrogens (tertiary/aromatic N) is 2. The molecule has 1 rings (SSSR count). The van der Waals surface area contributed by atoms with Gasteiger partial charge in [-0.2, -0.15) is 0 Å². The molecule has 0 aliphatic rings. The Bertz CT molecular complexity index is 248. The topological polar surface area (TPSA) is 86.2 Å². The molecule has 0 bridgehead atoms. The van der Waals surface area contributed by atoms with Crippen LogP contribution < -0.4 is 11.1 Å². The lowest BCUT2D eigenvalue weighted by molar-refractivity contribution is 0.0868. The largest absolute Gasteiger partial charge is 0.390 e. The fourth-order valence-corrected chi connectivity index (χ4v) is 0.759. The van der Waals surface area contributed by atoms with Crippen LogP contribution in [0.2, 0.25) is 0 Å². The highest BCUT2D eigenvalue weighted by molar-refractivity contribution is 5.21. The summed E-state index contributed by atoms with van der Waals surface area (Å²) in [4.78, 5) is 0. The van der Waals surface area contributed by atoms with Gasteiger partial charge in [-0.25, -0.2) is 0 Å². The van der Waals surface area contributed by atoms with Crippen LogP contribution in [0.4, 0.5) is 12.0 Å². The first-order valence-corrected chi connectivity index (χ1v) is 4.13. The number of aromatic nitrogens is 2. The van der Waals surface area contributed by atoms with E-state index in [1.807, 2.05) is 13.8 Å². The summed E-state index contributed by atoms with van der Waals surface area (Å²) in [7, 11) is 0. The molecule has 3 N–H and O–H groups in total. The molecule has 0 spiro atoms. The number of nitrogen functional groups attached to an aromatic ring is 1. The van der Waals surface area contributed by atoms with Crippen molar-refractivity contribution in [1.82, 2.24) is 10.2 Å². The molecule has 74 valence electrons. The van der Waals surface area contributed by atoms with Crippen LogP contribution in [0.3, 0.4) is 0 Å². The van der Waals surface area contributed by atoms with Gasteiger partial charge in [0, 0.05) is 6.54 Å². The normalized spacial score (nSPS) is 10.7. The van der Waals surface area contributed by atoms with Gasteiger partial charge in [-0.1, -0.05) is 10.2 Å². The number of hydrogen-bond acceptors (Lipinski definition) is 6. The number of hydrogen-bond donors (Lipinski definition) is 2. The van der Waals surface area contributed by atoms with Crippen LogP contribution in [0.5, 0.6) is 0 Å². The van der Waals surface area contributed by atoms with E-state index in [4.69, 9.17) is 14.9 Å². The third kappa shape index (κ3) is 3.75.